The molecule has 1 amide bonds. The number of thioether (sulfide) groups is 1. The molecule has 0 spiro atoms. The Hall–Kier alpha value is -4.30. The summed E-state index contributed by atoms with van der Waals surface area (Å²) in [5, 5.41) is 13.9. The van der Waals surface area contributed by atoms with E-state index in [0.29, 0.717) is 22.5 Å². The normalized spacial score (nSPS) is 12.1. The first kappa shape index (κ1) is 27.3. The average molecular weight is 556 g/mol. The van der Waals surface area contributed by atoms with Crippen molar-refractivity contribution in [3.05, 3.63) is 106 Å². The molecule has 204 valence electrons. The third-order valence-corrected chi connectivity index (χ3v) is 8.07. The van der Waals surface area contributed by atoms with Crippen LogP contribution in [0.25, 0.3) is 33.1 Å². The van der Waals surface area contributed by atoms with Gasteiger partial charge in [-0.3, -0.25) is 4.79 Å². The third kappa shape index (κ3) is 5.82. The molecule has 0 unspecified atom stereocenters. The quantitative estimate of drug-likeness (QED) is 0.196. The molecular formula is C32H29NO6S. The Bertz CT molecular complexity index is 1740. The molecule has 8 heteroatoms. The van der Waals surface area contributed by atoms with Crippen LogP contribution in [0.5, 0.6) is 0 Å². The van der Waals surface area contributed by atoms with Crippen molar-refractivity contribution >= 4 is 45.6 Å². The Balaban J connectivity index is 1.33. The van der Waals surface area contributed by atoms with E-state index in [2.05, 4.69) is 5.32 Å². The Morgan fingerprint density at radius 3 is 2.30 bits per heavy atom. The molecule has 1 atom stereocenters. The fraction of sp³-hybridized carbons (Fsp3) is 0.219. The van der Waals surface area contributed by atoms with Crippen molar-refractivity contribution in [1.29, 1.82) is 0 Å². The molecule has 0 aliphatic rings. The molecule has 0 fully saturated rings. The molecule has 2 aromatic heterocycles. The van der Waals surface area contributed by atoms with Crippen LogP contribution in [0.4, 0.5) is 0 Å². The highest BCUT2D eigenvalue weighted by Crippen LogP contribution is 2.37. The van der Waals surface area contributed by atoms with Gasteiger partial charge >= 0.3 is 11.6 Å². The Kier molecular flexibility index (Phi) is 8.07. The average Bonchev–Trinajstić information content (AvgIpc) is 3.26. The highest BCUT2D eigenvalue weighted by atomic mass is 32.2. The number of carbonyl (C=O) groups is 2. The van der Waals surface area contributed by atoms with Crippen LogP contribution < -0.4 is 10.9 Å². The lowest BCUT2D eigenvalue weighted by Crippen LogP contribution is -2.42. The van der Waals surface area contributed by atoms with Gasteiger partial charge < -0.3 is 19.3 Å². The number of furan rings is 1. The lowest BCUT2D eigenvalue weighted by Gasteiger charge is -2.14. The highest BCUT2D eigenvalue weighted by Gasteiger charge is 2.22. The number of aliphatic carboxylic acids is 1. The number of amides is 1. The van der Waals surface area contributed by atoms with Crippen molar-refractivity contribution in [3.63, 3.8) is 0 Å². The minimum atomic E-state index is -1.09. The van der Waals surface area contributed by atoms with Crippen LogP contribution in [0, 0.1) is 13.8 Å². The number of benzene rings is 3. The largest absolute Gasteiger partial charge is 0.480 e. The maximum absolute atomic E-state index is 12.9. The zero-order valence-electron chi connectivity index (χ0n) is 22.2. The SMILES string of the molecule is Cc1oc2cc3oc(=O)c(CCC(=O)N[C@@H](CSCc4ccccc4)C(=O)O)c(C)c3cc2c1-c1ccccc1. The third-order valence-electron chi connectivity index (χ3n) is 6.97. The number of carboxylic acid groups (broad SMARTS) is 1. The molecule has 0 saturated heterocycles. The van der Waals surface area contributed by atoms with E-state index in [4.69, 9.17) is 8.83 Å². The van der Waals surface area contributed by atoms with Crippen LogP contribution in [0.3, 0.4) is 0 Å². The van der Waals surface area contributed by atoms with Gasteiger partial charge in [0.25, 0.3) is 0 Å². The molecule has 0 radical (unpaired) electrons. The first-order valence-electron chi connectivity index (χ1n) is 13.0. The van der Waals surface area contributed by atoms with Crippen LogP contribution >= 0.6 is 11.8 Å². The molecule has 2 N–H and O–H groups in total. The smallest absolute Gasteiger partial charge is 0.339 e. The van der Waals surface area contributed by atoms with Gasteiger partial charge in [-0.05, 0) is 43.0 Å². The van der Waals surface area contributed by atoms with Crippen molar-refractivity contribution in [2.45, 2.75) is 38.5 Å². The van der Waals surface area contributed by atoms with Crippen LogP contribution in [0.1, 0.15) is 28.9 Å². The van der Waals surface area contributed by atoms with E-state index in [1.807, 2.05) is 80.6 Å². The summed E-state index contributed by atoms with van der Waals surface area (Å²) in [5.41, 5.74) is 4.74. The lowest BCUT2D eigenvalue weighted by molar-refractivity contribution is -0.141. The van der Waals surface area contributed by atoms with E-state index >= 15 is 0 Å². The molecule has 3 aromatic carbocycles. The fourth-order valence-electron chi connectivity index (χ4n) is 4.90. The highest BCUT2D eigenvalue weighted by molar-refractivity contribution is 7.98. The topological polar surface area (TPSA) is 110 Å². The molecule has 5 rings (SSSR count). The van der Waals surface area contributed by atoms with Crippen molar-refractivity contribution in [2.75, 3.05) is 5.75 Å². The number of hydrogen-bond acceptors (Lipinski definition) is 6. The van der Waals surface area contributed by atoms with E-state index in [9.17, 15) is 19.5 Å². The van der Waals surface area contributed by atoms with E-state index in [1.165, 1.54) is 11.8 Å². The Morgan fingerprint density at radius 2 is 1.60 bits per heavy atom. The maximum atomic E-state index is 12.9. The predicted octanol–water partition coefficient (Wildman–Crippen LogP) is 6.26. The first-order valence-corrected chi connectivity index (χ1v) is 14.2. The van der Waals surface area contributed by atoms with Gasteiger partial charge in [-0.1, -0.05) is 60.7 Å². The molecule has 0 saturated carbocycles. The van der Waals surface area contributed by atoms with Gasteiger partial charge in [-0.25, -0.2) is 9.59 Å². The van der Waals surface area contributed by atoms with Gasteiger partial charge in [-0.2, -0.15) is 11.8 Å². The molecule has 0 aliphatic carbocycles. The number of rotatable bonds is 10. The predicted molar refractivity (Wildman–Crippen MR) is 158 cm³/mol. The number of hydrogen-bond donors (Lipinski definition) is 2. The summed E-state index contributed by atoms with van der Waals surface area (Å²) in [6.07, 6.45) is 0.0972. The summed E-state index contributed by atoms with van der Waals surface area (Å²) >= 11 is 1.44. The summed E-state index contributed by atoms with van der Waals surface area (Å²) in [4.78, 5) is 37.3. The monoisotopic (exact) mass is 555 g/mol. The van der Waals surface area contributed by atoms with Gasteiger partial charge in [-0.15, -0.1) is 0 Å². The van der Waals surface area contributed by atoms with E-state index in [1.54, 1.807) is 6.07 Å². The molecule has 0 aliphatic heterocycles. The molecule has 7 nitrogen and oxygen atoms in total. The number of nitrogens with one attached hydrogen (secondary N) is 1. The molecule has 5 aromatic rings. The summed E-state index contributed by atoms with van der Waals surface area (Å²) in [7, 11) is 0. The summed E-state index contributed by atoms with van der Waals surface area (Å²) in [6.45, 7) is 3.75. The minimum Gasteiger partial charge on any atom is -0.480 e. The molecule has 0 bridgehead atoms. The van der Waals surface area contributed by atoms with Gasteiger partial charge in [0, 0.05) is 45.9 Å². The van der Waals surface area contributed by atoms with Crippen molar-refractivity contribution < 1.29 is 23.5 Å². The number of carboxylic acids is 1. The molecule has 40 heavy (non-hydrogen) atoms. The van der Waals surface area contributed by atoms with Gasteiger partial charge in [0.1, 0.15) is 23.0 Å². The zero-order chi connectivity index (χ0) is 28.2. The zero-order valence-corrected chi connectivity index (χ0v) is 23.0. The standard InChI is InChI=1S/C32H29NO6S/c1-19-23(13-14-29(34)33-26(31(35)36)18-40-17-21-9-5-3-6-10-21)32(37)39-27-16-28-25(15-24(19)27)30(20(2)38-28)22-11-7-4-8-12-22/h3-12,15-16,26H,13-14,17-18H2,1-2H3,(H,33,34)(H,35,36)/t26-/m0/s1. The summed E-state index contributed by atoms with van der Waals surface area (Å²) in [5.74, 6) is 0.121. The summed E-state index contributed by atoms with van der Waals surface area (Å²) in [6, 6.07) is 22.4. The van der Waals surface area contributed by atoms with Crippen molar-refractivity contribution in [2.24, 2.45) is 0 Å². The van der Waals surface area contributed by atoms with E-state index in [-0.39, 0.29) is 18.6 Å². The number of aryl methyl sites for hydroxylation is 2. The lowest BCUT2D eigenvalue weighted by atomic mass is 9.98. The number of carbonyl (C=O) groups excluding carboxylic acids is 1. The van der Waals surface area contributed by atoms with E-state index < -0.39 is 23.5 Å². The molecular weight excluding hydrogens is 526 g/mol. The first-order chi connectivity index (χ1) is 19.3. The Labute approximate surface area is 235 Å². The van der Waals surface area contributed by atoms with Crippen LogP contribution in [0.2, 0.25) is 0 Å². The van der Waals surface area contributed by atoms with Crippen LogP contribution in [-0.4, -0.2) is 28.8 Å². The number of fused-ring (bicyclic) bond motifs is 2. The second-order valence-electron chi connectivity index (χ2n) is 9.70. The molecule has 2 heterocycles. The van der Waals surface area contributed by atoms with Crippen molar-refractivity contribution in [1.82, 2.24) is 5.32 Å². The van der Waals surface area contributed by atoms with Gasteiger partial charge in [0.15, 0.2) is 0 Å². The fourth-order valence-corrected chi connectivity index (χ4v) is 5.91. The van der Waals surface area contributed by atoms with Crippen LogP contribution in [-0.2, 0) is 21.8 Å². The summed E-state index contributed by atoms with van der Waals surface area (Å²) < 4.78 is 11.6. The van der Waals surface area contributed by atoms with Crippen molar-refractivity contribution in [3.8, 4) is 11.1 Å². The second kappa shape index (κ2) is 11.8. The van der Waals surface area contributed by atoms with Gasteiger partial charge in [0.05, 0.1) is 0 Å². The van der Waals surface area contributed by atoms with E-state index in [0.717, 1.165) is 38.8 Å². The minimum absolute atomic E-state index is 0.0352. The second-order valence-corrected chi connectivity index (χ2v) is 10.7. The Morgan fingerprint density at radius 1 is 0.925 bits per heavy atom. The maximum Gasteiger partial charge on any atom is 0.339 e. The van der Waals surface area contributed by atoms with Gasteiger partial charge in [0.2, 0.25) is 5.91 Å². The van der Waals surface area contributed by atoms with Crippen LogP contribution in [0.15, 0.2) is 86.4 Å².